The summed E-state index contributed by atoms with van der Waals surface area (Å²) in [5.74, 6) is -2.10. The SMILES string of the molecule is COc1ccc(-c2nc([C@@H]3CCO[C@@H](c4cnn(C5CC5)c4)C3)cc3c(=O)n(C)c(C(F)(F)F)nc23)c(F)c1. The standard InChI is InChI=1S/C27H25F4N5O3/c1-35-25(37)19-11-21(14-7-8-39-22(9-14)15-12-32-36(13-15)16-3-4-16)33-23(24(19)34-26(35)27(29,30)31)18-6-5-17(38-2)10-20(18)28/h5-6,10-14,16,22H,3-4,7-9H2,1-2H3/t14-,22-/m1/s1. The predicted molar refractivity (Wildman–Crippen MR) is 133 cm³/mol. The summed E-state index contributed by atoms with van der Waals surface area (Å²) in [5, 5.41) is 4.38. The summed E-state index contributed by atoms with van der Waals surface area (Å²) in [5.41, 5.74) is -0.00945. The zero-order valence-corrected chi connectivity index (χ0v) is 21.2. The average Bonchev–Trinajstić information content (AvgIpc) is 3.65. The number of alkyl halides is 3. The molecule has 2 fully saturated rings. The fraction of sp³-hybridized carbons (Fsp3) is 0.407. The first-order valence-electron chi connectivity index (χ1n) is 12.6. The second-order valence-electron chi connectivity index (χ2n) is 10.0. The van der Waals surface area contributed by atoms with Crippen LogP contribution in [0.5, 0.6) is 5.75 Å². The predicted octanol–water partition coefficient (Wildman–Crippen LogP) is 5.33. The summed E-state index contributed by atoms with van der Waals surface area (Å²) >= 11 is 0. The Morgan fingerprint density at radius 2 is 1.92 bits per heavy atom. The van der Waals surface area contributed by atoms with Crippen LogP contribution in [0.4, 0.5) is 17.6 Å². The zero-order valence-electron chi connectivity index (χ0n) is 21.2. The van der Waals surface area contributed by atoms with E-state index in [-0.39, 0.29) is 39.9 Å². The number of halogens is 4. The van der Waals surface area contributed by atoms with Gasteiger partial charge in [0.15, 0.2) is 0 Å². The van der Waals surface area contributed by atoms with Gasteiger partial charge >= 0.3 is 6.18 Å². The molecule has 6 rings (SSSR count). The Kier molecular flexibility index (Phi) is 6.17. The van der Waals surface area contributed by atoms with E-state index in [4.69, 9.17) is 9.47 Å². The van der Waals surface area contributed by atoms with Gasteiger partial charge in [-0.05, 0) is 43.9 Å². The van der Waals surface area contributed by atoms with Gasteiger partial charge in [-0.3, -0.25) is 19.0 Å². The molecule has 4 heterocycles. The van der Waals surface area contributed by atoms with Crippen LogP contribution in [0.3, 0.4) is 0 Å². The molecule has 1 saturated heterocycles. The third-order valence-corrected chi connectivity index (χ3v) is 7.38. The topological polar surface area (TPSA) is 84.1 Å². The molecule has 0 radical (unpaired) electrons. The third-order valence-electron chi connectivity index (χ3n) is 7.38. The van der Waals surface area contributed by atoms with Gasteiger partial charge in [0.2, 0.25) is 5.82 Å². The lowest BCUT2D eigenvalue weighted by Gasteiger charge is -2.29. The normalized spacial score (nSPS) is 19.9. The fourth-order valence-electron chi connectivity index (χ4n) is 5.11. The Hall–Kier alpha value is -3.80. The van der Waals surface area contributed by atoms with E-state index >= 15 is 4.39 Å². The molecule has 8 nitrogen and oxygen atoms in total. The highest BCUT2D eigenvalue weighted by molar-refractivity contribution is 5.91. The first-order chi connectivity index (χ1) is 18.6. The van der Waals surface area contributed by atoms with E-state index in [0.717, 1.165) is 31.5 Å². The number of aromatic nitrogens is 5. The van der Waals surface area contributed by atoms with Crippen molar-refractivity contribution < 1.29 is 27.0 Å². The Morgan fingerprint density at radius 1 is 1.13 bits per heavy atom. The molecule has 2 aliphatic rings. The molecule has 1 aliphatic heterocycles. The number of nitrogens with zero attached hydrogens (tertiary/aromatic N) is 5. The smallest absolute Gasteiger partial charge is 0.449 e. The van der Waals surface area contributed by atoms with Crippen molar-refractivity contribution in [1.82, 2.24) is 24.3 Å². The summed E-state index contributed by atoms with van der Waals surface area (Å²) in [4.78, 5) is 21.6. The molecule has 1 aromatic carbocycles. The second kappa shape index (κ2) is 9.44. The molecule has 0 unspecified atom stereocenters. The van der Waals surface area contributed by atoms with Gasteiger partial charge < -0.3 is 9.47 Å². The van der Waals surface area contributed by atoms with Crippen LogP contribution in [0, 0.1) is 5.82 Å². The number of fused-ring (bicyclic) bond motifs is 1. The van der Waals surface area contributed by atoms with Crippen LogP contribution in [-0.4, -0.2) is 38.0 Å². The molecule has 204 valence electrons. The third kappa shape index (κ3) is 4.66. The van der Waals surface area contributed by atoms with Gasteiger partial charge in [0.25, 0.3) is 5.56 Å². The van der Waals surface area contributed by atoms with E-state index in [0.29, 0.717) is 35.8 Å². The van der Waals surface area contributed by atoms with Crippen molar-refractivity contribution in [3.63, 3.8) is 0 Å². The van der Waals surface area contributed by atoms with Gasteiger partial charge in [-0.2, -0.15) is 18.3 Å². The maximum atomic E-state index is 15.2. The van der Waals surface area contributed by atoms with Crippen LogP contribution in [0.1, 0.15) is 60.8 Å². The van der Waals surface area contributed by atoms with Crippen LogP contribution in [0.2, 0.25) is 0 Å². The fourth-order valence-corrected chi connectivity index (χ4v) is 5.11. The molecule has 12 heteroatoms. The Labute approximate surface area is 220 Å². The summed E-state index contributed by atoms with van der Waals surface area (Å²) in [6.07, 6.45) is 1.90. The molecule has 0 amide bonds. The first-order valence-corrected chi connectivity index (χ1v) is 12.6. The van der Waals surface area contributed by atoms with Crippen molar-refractivity contribution in [2.75, 3.05) is 13.7 Å². The number of hydrogen-bond acceptors (Lipinski definition) is 6. The number of rotatable bonds is 5. The minimum Gasteiger partial charge on any atom is -0.497 e. The monoisotopic (exact) mass is 543 g/mol. The number of methoxy groups -OCH3 is 1. The van der Waals surface area contributed by atoms with Crippen molar-refractivity contribution in [1.29, 1.82) is 0 Å². The van der Waals surface area contributed by atoms with Crippen LogP contribution in [0.15, 0.2) is 41.5 Å². The van der Waals surface area contributed by atoms with E-state index < -0.39 is 23.4 Å². The first kappa shape index (κ1) is 25.5. The molecular formula is C27H25F4N5O3. The maximum Gasteiger partial charge on any atom is 0.449 e. The highest BCUT2D eigenvalue weighted by Gasteiger charge is 2.37. The molecule has 4 aromatic rings. The van der Waals surface area contributed by atoms with Crippen LogP contribution >= 0.6 is 0 Å². The Bertz CT molecular complexity index is 1630. The molecule has 0 N–H and O–H groups in total. The lowest BCUT2D eigenvalue weighted by atomic mass is 9.89. The maximum absolute atomic E-state index is 15.2. The average molecular weight is 544 g/mol. The summed E-state index contributed by atoms with van der Waals surface area (Å²) < 4.78 is 69.9. The molecule has 1 saturated carbocycles. The van der Waals surface area contributed by atoms with E-state index in [1.165, 1.54) is 25.3 Å². The van der Waals surface area contributed by atoms with Crippen molar-refractivity contribution >= 4 is 10.9 Å². The van der Waals surface area contributed by atoms with Crippen LogP contribution in [-0.2, 0) is 18.0 Å². The number of hydrogen-bond donors (Lipinski definition) is 0. The van der Waals surface area contributed by atoms with Gasteiger partial charge in [0.05, 0.1) is 36.5 Å². The largest absolute Gasteiger partial charge is 0.497 e. The number of ether oxygens (including phenoxy) is 2. The quantitative estimate of drug-likeness (QED) is 0.317. The summed E-state index contributed by atoms with van der Waals surface area (Å²) in [6, 6.07) is 5.87. The van der Waals surface area contributed by atoms with Crippen LogP contribution < -0.4 is 10.3 Å². The highest BCUT2D eigenvalue weighted by atomic mass is 19.4. The van der Waals surface area contributed by atoms with Gasteiger partial charge in [-0.25, -0.2) is 9.37 Å². The second-order valence-corrected chi connectivity index (χ2v) is 10.0. The van der Waals surface area contributed by atoms with Crippen molar-refractivity contribution in [2.24, 2.45) is 7.05 Å². The van der Waals surface area contributed by atoms with Crippen molar-refractivity contribution in [3.05, 3.63) is 69.9 Å². The van der Waals surface area contributed by atoms with Crippen LogP contribution in [0.25, 0.3) is 22.2 Å². The Morgan fingerprint density at radius 3 is 2.62 bits per heavy atom. The lowest BCUT2D eigenvalue weighted by molar-refractivity contribution is -0.147. The summed E-state index contributed by atoms with van der Waals surface area (Å²) in [7, 11) is 2.40. The van der Waals surface area contributed by atoms with E-state index in [2.05, 4.69) is 15.1 Å². The zero-order chi connectivity index (χ0) is 27.5. The van der Waals surface area contributed by atoms with Gasteiger partial charge in [-0.15, -0.1) is 0 Å². The lowest BCUT2D eigenvalue weighted by Crippen LogP contribution is -2.28. The molecular weight excluding hydrogens is 518 g/mol. The van der Waals surface area contributed by atoms with Gasteiger partial charge in [0.1, 0.15) is 17.1 Å². The number of pyridine rings is 1. The summed E-state index contributed by atoms with van der Waals surface area (Å²) in [6.45, 7) is 0.416. The van der Waals surface area contributed by atoms with Crippen molar-refractivity contribution in [3.8, 4) is 17.0 Å². The molecule has 0 bridgehead atoms. The van der Waals surface area contributed by atoms with E-state index in [9.17, 15) is 18.0 Å². The molecule has 0 spiro atoms. The van der Waals surface area contributed by atoms with Gasteiger partial charge in [0, 0.05) is 48.7 Å². The molecule has 3 aromatic heterocycles. The highest BCUT2D eigenvalue weighted by Crippen LogP contribution is 2.41. The van der Waals surface area contributed by atoms with Gasteiger partial charge in [-0.1, -0.05) is 0 Å². The minimum absolute atomic E-state index is 0.0645. The van der Waals surface area contributed by atoms with E-state index in [1.54, 1.807) is 6.20 Å². The Balaban J connectivity index is 1.48. The number of benzene rings is 1. The van der Waals surface area contributed by atoms with Crippen molar-refractivity contribution in [2.45, 2.75) is 49.9 Å². The molecule has 2 atom stereocenters. The molecule has 1 aliphatic carbocycles. The molecule has 39 heavy (non-hydrogen) atoms. The van der Waals surface area contributed by atoms with E-state index in [1.807, 2.05) is 10.9 Å². The minimum atomic E-state index is -4.89.